The number of hydrogen-bond donors (Lipinski definition) is 0. The number of rotatable bonds is 56. The van der Waals surface area contributed by atoms with Crippen molar-refractivity contribution in [2.75, 3.05) is 13.2 Å². The van der Waals surface area contributed by atoms with E-state index in [2.05, 4.69) is 32.9 Å². The number of unbranched alkanes of at least 4 members (excludes halogenated alkanes) is 43. The first-order chi connectivity index (χ1) is 33.0. The molecule has 0 aromatic carbocycles. The van der Waals surface area contributed by atoms with E-state index < -0.39 is 6.10 Å². The molecule has 0 aliphatic heterocycles. The fraction of sp³-hybridized carbons (Fsp3) is 0.918. The fourth-order valence-electron chi connectivity index (χ4n) is 9.21. The first-order valence-electron chi connectivity index (χ1n) is 30.2. The van der Waals surface area contributed by atoms with Crippen molar-refractivity contribution in [3.8, 4) is 0 Å². The Kier molecular flexibility index (Phi) is 55.2. The molecule has 67 heavy (non-hydrogen) atoms. The van der Waals surface area contributed by atoms with Crippen molar-refractivity contribution in [2.24, 2.45) is 0 Å². The van der Waals surface area contributed by atoms with E-state index in [4.69, 9.17) is 14.2 Å². The zero-order chi connectivity index (χ0) is 48.6. The van der Waals surface area contributed by atoms with Gasteiger partial charge in [-0.15, -0.1) is 0 Å². The third-order valence-corrected chi connectivity index (χ3v) is 13.8. The number of carbonyl (C=O) groups is 3. The maximum atomic E-state index is 12.8. The molecule has 0 saturated heterocycles. The largest absolute Gasteiger partial charge is 0.462 e. The molecule has 0 aliphatic rings. The van der Waals surface area contributed by atoms with Gasteiger partial charge < -0.3 is 14.2 Å². The van der Waals surface area contributed by atoms with E-state index in [-0.39, 0.29) is 31.1 Å². The lowest BCUT2D eigenvalue weighted by Gasteiger charge is -2.18. The summed E-state index contributed by atoms with van der Waals surface area (Å²) in [5.41, 5.74) is 0. The summed E-state index contributed by atoms with van der Waals surface area (Å²) >= 11 is 0. The molecule has 0 amide bonds. The molecule has 6 heteroatoms. The minimum Gasteiger partial charge on any atom is -0.462 e. The van der Waals surface area contributed by atoms with Crippen LogP contribution < -0.4 is 0 Å². The average Bonchev–Trinajstić information content (AvgIpc) is 3.33. The Bertz CT molecular complexity index is 1040. The van der Waals surface area contributed by atoms with Gasteiger partial charge in [0.25, 0.3) is 0 Å². The summed E-state index contributed by atoms with van der Waals surface area (Å²) in [5.74, 6) is -0.845. The van der Waals surface area contributed by atoms with Gasteiger partial charge in [0.2, 0.25) is 0 Å². The van der Waals surface area contributed by atoms with E-state index in [1.54, 1.807) is 0 Å². The van der Waals surface area contributed by atoms with Crippen molar-refractivity contribution in [1.82, 2.24) is 0 Å². The van der Waals surface area contributed by atoms with Gasteiger partial charge in [-0.3, -0.25) is 14.4 Å². The smallest absolute Gasteiger partial charge is 0.306 e. The van der Waals surface area contributed by atoms with Crippen molar-refractivity contribution in [2.45, 2.75) is 348 Å². The Morgan fingerprint density at radius 2 is 0.493 bits per heavy atom. The van der Waals surface area contributed by atoms with Crippen LogP contribution in [-0.4, -0.2) is 37.2 Å². The van der Waals surface area contributed by atoms with Crippen LogP contribution in [0.2, 0.25) is 0 Å². The molecule has 1 atom stereocenters. The molecule has 0 fully saturated rings. The molecular formula is C61H116O6. The van der Waals surface area contributed by atoms with Crippen molar-refractivity contribution in [1.29, 1.82) is 0 Å². The summed E-state index contributed by atoms with van der Waals surface area (Å²) in [4.78, 5) is 38.1. The van der Waals surface area contributed by atoms with E-state index in [9.17, 15) is 14.4 Å². The summed E-state index contributed by atoms with van der Waals surface area (Å²) in [5, 5.41) is 0. The van der Waals surface area contributed by atoms with E-state index in [1.165, 1.54) is 244 Å². The van der Waals surface area contributed by atoms with Crippen molar-refractivity contribution < 1.29 is 28.6 Å². The SMILES string of the molecule is CCCCCCCCCC/C=C\CCCCCCCCCCCC(=O)OCC(COC(=O)CCCCCCCCCCC)OC(=O)CCCCCCCCCCCCCCCCCCCCC. The van der Waals surface area contributed by atoms with Gasteiger partial charge in [-0.25, -0.2) is 0 Å². The van der Waals surface area contributed by atoms with Crippen LogP contribution in [-0.2, 0) is 28.6 Å². The van der Waals surface area contributed by atoms with Crippen LogP contribution in [0.4, 0.5) is 0 Å². The third-order valence-electron chi connectivity index (χ3n) is 13.8. The van der Waals surface area contributed by atoms with E-state index in [1.807, 2.05) is 0 Å². The summed E-state index contributed by atoms with van der Waals surface area (Å²) in [6.07, 6.45) is 65.0. The van der Waals surface area contributed by atoms with Gasteiger partial charge in [0.15, 0.2) is 6.10 Å². The minimum atomic E-state index is -0.764. The predicted molar refractivity (Wildman–Crippen MR) is 289 cm³/mol. The number of carbonyl (C=O) groups excluding carboxylic acids is 3. The van der Waals surface area contributed by atoms with Gasteiger partial charge in [-0.1, -0.05) is 290 Å². The van der Waals surface area contributed by atoms with Gasteiger partial charge in [0.05, 0.1) is 0 Å². The maximum absolute atomic E-state index is 12.8. The molecule has 0 radical (unpaired) electrons. The van der Waals surface area contributed by atoms with Gasteiger partial charge in [-0.2, -0.15) is 0 Å². The molecule has 0 spiro atoms. The number of allylic oxidation sites excluding steroid dienone is 2. The summed E-state index contributed by atoms with van der Waals surface area (Å²) in [7, 11) is 0. The third kappa shape index (κ3) is 55.0. The highest BCUT2D eigenvalue weighted by Gasteiger charge is 2.19. The van der Waals surface area contributed by atoms with Crippen molar-refractivity contribution in [3.05, 3.63) is 12.2 Å². The highest BCUT2D eigenvalue weighted by Crippen LogP contribution is 2.17. The lowest BCUT2D eigenvalue weighted by Crippen LogP contribution is -2.30. The summed E-state index contributed by atoms with van der Waals surface area (Å²) in [6, 6.07) is 0. The molecule has 0 saturated carbocycles. The fourth-order valence-corrected chi connectivity index (χ4v) is 9.21. The molecule has 1 unspecified atom stereocenters. The normalized spacial score (nSPS) is 12.0. The van der Waals surface area contributed by atoms with Crippen LogP contribution in [0, 0.1) is 0 Å². The zero-order valence-electron chi connectivity index (χ0n) is 45.5. The van der Waals surface area contributed by atoms with E-state index in [0.29, 0.717) is 19.3 Å². The van der Waals surface area contributed by atoms with Crippen LogP contribution in [0.1, 0.15) is 342 Å². The van der Waals surface area contributed by atoms with Gasteiger partial charge >= 0.3 is 17.9 Å². The standard InChI is InChI=1S/C61H116O6/c1-4-7-10-13-16-19-21-23-25-27-29-30-32-33-35-37-39-42-45-48-51-54-60(63)66-57-58(56-65-59(62)53-50-47-44-41-18-15-12-9-6-3)67-61(64)55-52-49-46-43-40-38-36-34-31-28-26-24-22-20-17-14-11-8-5-2/h27,29,58H,4-26,28,30-57H2,1-3H3/b29-27-. The Labute approximate surface area is 418 Å². The second-order valence-electron chi connectivity index (χ2n) is 20.6. The molecule has 0 N–H and O–H groups in total. The molecule has 0 aromatic heterocycles. The highest BCUT2D eigenvalue weighted by atomic mass is 16.6. The van der Waals surface area contributed by atoms with Crippen LogP contribution in [0.3, 0.4) is 0 Å². The number of esters is 3. The zero-order valence-corrected chi connectivity index (χ0v) is 45.5. The molecule has 0 heterocycles. The topological polar surface area (TPSA) is 78.9 Å². The summed E-state index contributed by atoms with van der Waals surface area (Å²) < 4.78 is 16.9. The Hall–Kier alpha value is -1.85. The monoisotopic (exact) mass is 945 g/mol. The molecule has 0 rings (SSSR count). The highest BCUT2D eigenvalue weighted by molar-refractivity contribution is 5.71. The molecular weight excluding hydrogens is 829 g/mol. The summed E-state index contributed by atoms with van der Waals surface area (Å²) in [6.45, 7) is 6.68. The second-order valence-corrected chi connectivity index (χ2v) is 20.6. The first kappa shape index (κ1) is 65.1. The van der Waals surface area contributed by atoms with Gasteiger partial charge in [0.1, 0.15) is 13.2 Å². The van der Waals surface area contributed by atoms with Gasteiger partial charge in [0, 0.05) is 19.3 Å². The quantitative estimate of drug-likeness (QED) is 0.0262. The number of ether oxygens (including phenoxy) is 3. The van der Waals surface area contributed by atoms with Crippen LogP contribution >= 0.6 is 0 Å². The van der Waals surface area contributed by atoms with E-state index in [0.717, 1.165) is 57.8 Å². The Balaban J connectivity index is 4.19. The maximum Gasteiger partial charge on any atom is 0.306 e. The Morgan fingerprint density at radius 1 is 0.284 bits per heavy atom. The predicted octanol–water partition coefficient (Wildman–Crippen LogP) is 20.1. The number of hydrogen-bond acceptors (Lipinski definition) is 6. The van der Waals surface area contributed by atoms with Crippen LogP contribution in [0.25, 0.3) is 0 Å². The lowest BCUT2D eigenvalue weighted by molar-refractivity contribution is -0.167. The first-order valence-corrected chi connectivity index (χ1v) is 30.2. The van der Waals surface area contributed by atoms with E-state index >= 15 is 0 Å². The second kappa shape index (κ2) is 56.7. The molecule has 396 valence electrons. The van der Waals surface area contributed by atoms with Crippen molar-refractivity contribution >= 4 is 17.9 Å². The molecule has 0 aliphatic carbocycles. The van der Waals surface area contributed by atoms with Crippen LogP contribution in [0.5, 0.6) is 0 Å². The van der Waals surface area contributed by atoms with Crippen molar-refractivity contribution in [3.63, 3.8) is 0 Å². The molecule has 6 nitrogen and oxygen atoms in total. The van der Waals surface area contributed by atoms with Gasteiger partial charge in [-0.05, 0) is 44.9 Å². The molecule has 0 aromatic rings. The minimum absolute atomic E-state index is 0.0649. The Morgan fingerprint density at radius 3 is 0.746 bits per heavy atom. The van der Waals surface area contributed by atoms with Crippen LogP contribution in [0.15, 0.2) is 12.2 Å². The lowest BCUT2D eigenvalue weighted by atomic mass is 10.0. The molecule has 0 bridgehead atoms. The average molecular weight is 946 g/mol.